The summed E-state index contributed by atoms with van der Waals surface area (Å²) in [5.74, 6) is 0. The summed E-state index contributed by atoms with van der Waals surface area (Å²) in [5.41, 5.74) is 2.23. The van der Waals surface area contributed by atoms with E-state index in [4.69, 9.17) is 4.74 Å². The molecule has 1 saturated heterocycles. The summed E-state index contributed by atoms with van der Waals surface area (Å²) in [6.07, 6.45) is 1.11. The monoisotopic (exact) mass is 277 g/mol. The van der Waals surface area contributed by atoms with Crippen molar-refractivity contribution in [2.24, 2.45) is 0 Å². The van der Waals surface area contributed by atoms with Gasteiger partial charge in [0, 0.05) is 31.9 Å². The molecule has 1 aliphatic rings. The maximum absolute atomic E-state index is 11.9. The Kier molecular flexibility index (Phi) is 5.68. The summed E-state index contributed by atoms with van der Waals surface area (Å²) in [6, 6.07) is 8.16. The molecular formula is C15H23N3O2. The van der Waals surface area contributed by atoms with Crippen LogP contribution in [0.5, 0.6) is 0 Å². The van der Waals surface area contributed by atoms with Crippen molar-refractivity contribution in [2.45, 2.75) is 19.9 Å². The maximum Gasteiger partial charge on any atom is 0.317 e. The molecule has 1 fully saturated rings. The van der Waals surface area contributed by atoms with Crippen LogP contribution in [0.4, 0.5) is 10.5 Å². The zero-order chi connectivity index (χ0) is 14.2. The Hall–Kier alpha value is -1.75. The molecule has 1 aliphatic heterocycles. The molecule has 5 nitrogen and oxygen atoms in total. The van der Waals surface area contributed by atoms with Gasteiger partial charge in [0.25, 0.3) is 0 Å². The van der Waals surface area contributed by atoms with E-state index in [2.05, 4.69) is 17.6 Å². The second-order valence-electron chi connectivity index (χ2n) is 4.88. The van der Waals surface area contributed by atoms with Gasteiger partial charge in [-0.05, 0) is 24.1 Å². The molecule has 0 aromatic heterocycles. The predicted molar refractivity (Wildman–Crippen MR) is 79.9 cm³/mol. The predicted octanol–water partition coefficient (Wildman–Crippen LogP) is 2.05. The second kappa shape index (κ2) is 7.75. The van der Waals surface area contributed by atoms with Gasteiger partial charge in [-0.1, -0.05) is 19.1 Å². The number of nitrogens with one attached hydrogen (secondary N) is 2. The molecule has 2 amide bonds. The van der Waals surface area contributed by atoms with E-state index in [9.17, 15) is 4.79 Å². The van der Waals surface area contributed by atoms with E-state index in [1.54, 1.807) is 4.90 Å². The molecule has 0 radical (unpaired) electrons. The summed E-state index contributed by atoms with van der Waals surface area (Å²) >= 11 is 0. The SMILES string of the molecule is CCCNc1ccc(CNC(=O)N2CCOCC2)cc1. The number of benzene rings is 1. The number of amides is 2. The molecule has 2 rings (SSSR count). The largest absolute Gasteiger partial charge is 0.385 e. The smallest absolute Gasteiger partial charge is 0.317 e. The fourth-order valence-corrected chi connectivity index (χ4v) is 2.07. The van der Waals surface area contributed by atoms with Gasteiger partial charge in [0.2, 0.25) is 0 Å². The fourth-order valence-electron chi connectivity index (χ4n) is 2.07. The molecule has 0 aliphatic carbocycles. The highest BCUT2D eigenvalue weighted by molar-refractivity contribution is 5.74. The highest BCUT2D eigenvalue weighted by atomic mass is 16.5. The standard InChI is InChI=1S/C15H23N3O2/c1-2-7-16-14-5-3-13(4-6-14)12-17-15(19)18-8-10-20-11-9-18/h3-6,16H,2,7-12H2,1H3,(H,17,19). The number of hydrogen-bond donors (Lipinski definition) is 2. The minimum atomic E-state index is -0.0125. The lowest BCUT2D eigenvalue weighted by Gasteiger charge is -2.26. The number of urea groups is 1. The molecule has 5 heteroatoms. The van der Waals surface area contributed by atoms with Gasteiger partial charge in [0.15, 0.2) is 0 Å². The minimum Gasteiger partial charge on any atom is -0.385 e. The van der Waals surface area contributed by atoms with Crippen LogP contribution >= 0.6 is 0 Å². The van der Waals surface area contributed by atoms with Crippen LogP contribution in [0, 0.1) is 0 Å². The van der Waals surface area contributed by atoms with Crippen molar-refractivity contribution in [1.82, 2.24) is 10.2 Å². The first-order valence-electron chi connectivity index (χ1n) is 7.23. The lowest BCUT2D eigenvalue weighted by atomic mass is 10.2. The van der Waals surface area contributed by atoms with Crippen molar-refractivity contribution in [3.05, 3.63) is 29.8 Å². The van der Waals surface area contributed by atoms with Crippen LogP contribution in [-0.4, -0.2) is 43.8 Å². The lowest BCUT2D eigenvalue weighted by Crippen LogP contribution is -2.45. The van der Waals surface area contributed by atoms with Crippen LogP contribution in [0.15, 0.2) is 24.3 Å². The molecule has 0 atom stereocenters. The molecular weight excluding hydrogens is 254 g/mol. The highest BCUT2D eigenvalue weighted by Gasteiger charge is 2.15. The summed E-state index contributed by atoms with van der Waals surface area (Å²) in [6.45, 7) is 6.29. The molecule has 0 unspecified atom stereocenters. The fraction of sp³-hybridized carbons (Fsp3) is 0.533. The van der Waals surface area contributed by atoms with Gasteiger partial charge in [0.05, 0.1) is 13.2 Å². The van der Waals surface area contributed by atoms with Gasteiger partial charge in [-0.15, -0.1) is 0 Å². The summed E-state index contributed by atoms with van der Waals surface area (Å²) in [7, 11) is 0. The Labute approximate surface area is 120 Å². The van der Waals surface area contributed by atoms with Crippen LogP contribution in [0.25, 0.3) is 0 Å². The maximum atomic E-state index is 11.9. The van der Waals surface area contributed by atoms with Crippen LogP contribution in [0.1, 0.15) is 18.9 Å². The van der Waals surface area contributed by atoms with E-state index in [0.29, 0.717) is 32.8 Å². The van der Waals surface area contributed by atoms with E-state index in [-0.39, 0.29) is 6.03 Å². The average molecular weight is 277 g/mol. The molecule has 20 heavy (non-hydrogen) atoms. The number of ether oxygens (including phenoxy) is 1. The van der Waals surface area contributed by atoms with Crippen molar-refractivity contribution < 1.29 is 9.53 Å². The Balaban J connectivity index is 1.76. The third-order valence-corrected chi connectivity index (χ3v) is 3.28. The Morgan fingerprint density at radius 1 is 1.25 bits per heavy atom. The summed E-state index contributed by atoms with van der Waals surface area (Å²) in [5, 5.41) is 6.27. The molecule has 1 aromatic rings. The number of nitrogens with zero attached hydrogens (tertiary/aromatic N) is 1. The van der Waals surface area contributed by atoms with Gasteiger partial charge in [0.1, 0.15) is 0 Å². The normalized spacial score (nSPS) is 14.9. The molecule has 0 bridgehead atoms. The molecule has 110 valence electrons. The number of carbonyl (C=O) groups is 1. The zero-order valence-corrected chi connectivity index (χ0v) is 12.0. The molecule has 0 spiro atoms. The van der Waals surface area contributed by atoms with E-state index >= 15 is 0 Å². The third kappa shape index (κ3) is 4.42. The lowest BCUT2D eigenvalue weighted by molar-refractivity contribution is 0.0531. The number of carbonyl (C=O) groups excluding carboxylic acids is 1. The quantitative estimate of drug-likeness (QED) is 0.866. The topological polar surface area (TPSA) is 53.6 Å². The number of morpholine rings is 1. The number of rotatable bonds is 5. The molecule has 1 aromatic carbocycles. The zero-order valence-electron chi connectivity index (χ0n) is 12.0. The molecule has 2 N–H and O–H groups in total. The van der Waals surface area contributed by atoms with Crippen LogP contribution in [0.2, 0.25) is 0 Å². The van der Waals surface area contributed by atoms with Crippen molar-refractivity contribution in [1.29, 1.82) is 0 Å². The van der Waals surface area contributed by atoms with Gasteiger partial charge in [-0.25, -0.2) is 4.79 Å². The minimum absolute atomic E-state index is 0.0125. The Morgan fingerprint density at radius 3 is 2.60 bits per heavy atom. The average Bonchev–Trinajstić information content (AvgIpc) is 2.52. The number of hydrogen-bond acceptors (Lipinski definition) is 3. The first kappa shape index (κ1) is 14.7. The van der Waals surface area contributed by atoms with Crippen molar-refractivity contribution in [2.75, 3.05) is 38.2 Å². The first-order chi connectivity index (χ1) is 9.79. The van der Waals surface area contributed by atoms with E-state index < -0.39 is 0 Å². The Bertz CT molecular complexity index is 414. The van der Waals surface area contributed by atoms with Crippen molar-refractivity contribution in [3.8, 4) is 0 Å². The Morgan fingerprint density at radius 2 is 1.95 bits per heavy atom. The van der Waals surface area contributed by atoms with Crippen LogP contribution in [-0.2, 0) is 11.3 Å². The van der Waals surface area contributed by atoms with Gasteiger partial charge < -0.3 is 20.3 Å². The van der Waals surface area contributed by atoms with E-state index in [0.717, 1.165) is 24.2 Å². The first-order valence-corrected chi connectivity index (χ1v) is 7.23. The van der Waals surface area contributed by atoms with Gasteiger partial charge in [-0.3, -0.25) is 0 Å². The third-order valence-electron chi connectivity index (χ3n) is 3.28. The van der Waals surface area contributed by atoms with Crippen LogP contribution in [0.3, 0.4) is 0 Å². The molecule has 0 saturated carbocycles. The number of anilines is 1. The van der Waals surface area contributed by atoms with Crippen LogP contribution < -0.4 is 10.6 Å². The van der Waals surface area contributed by atoms with Crippen molar-refractivity contribution >= 4 is 11.7 Å². The van der Waals surface area contributed by atoms with E-state index in [1.165, 1.54) is 0 Å². The summed E-state index contributed by atoms with van der Waals surface area (Å²) in [4.78, 5) is 13.7. The second-order valence-corrected chi connectivity index (χ2v) is 4.88. The molecule has 1 heterocycles. The van der Waals surface area contributed by atoms with Crippen molar-refractivity contribution in [3.63, 3.8) is 0 Å². The summed E-state index contributed by atoms with van der Waals surface area (Å²) < 4.78 is 5.23. The van der Waals surface area contributed by atoms with E-state index in [1.807, 2.05) is 24.3 Å². The highest BCUT2D eigenvalue weighted by Crippen LogP contribution is 2.09. The van der Waals surface area contributed by atoms with Gasteiger partial charge >= 0.3 is 6.03 Å². The van der Waals surface area contributed by atoms with Gasteiger partial charge in [-0.2, -0.15) is 0 Å².